The quantitative estimate of drug-likeness (QED) is 0.725. The first-order valence-corrected chi connectivity index (χ1v) is 7.75. The van der Waals surface area contributed by atoms with E-state index in [-0.39, 0.29) is 0 Å². The Hall–Kier alpha value is -2.34. The third-order valence-corrected chi connectivity index (χ3v) is 4.66. The van der Waals surface area contributed by atoms with Gasteiger partial charge in [0, 0.05) is 33.7 Å². The van der Waals surface area contributed by atoms with Gasteiger partial charge in [-0.25, -0.2) is 0 Å². The molecule has 2 aromatic carbocycles. The van der Waals surface area contributed by atoms with Gasteiger partial charge in [-0.3, -0.25) is 4.99 Å². The number of nitrogens with zero attached hydrogens (tertiary/aromatic N) is 1. The van der Waals surface area contributed by atoms with E-state index in [4.69, 9.17) is 18.9 Å². The van der Waals surface area contributed by atoms with Gasteiger partial charge in [-0.1, -0.05) is 11.8 Å². The fourth-order valence-electron chi connectivity index (χ4n) is 2.36. The molecule has 0 saturated carbocycles. The van der Waals surface area contributed by atoms with Gasteiger partial charge in [0.15, 0.2) is 23.0 Å². The van der Waals surface area contributed by atoms with Crippen LogP contribution in [0, 0.1) is 0 Å². The first-order valence-electron chi connectivity index (χ1n) is 6.94. The third kappa shape index (κ3) is 2.82. The zero-order chi connectivity index (χ0) is 16.4. The van der Waals surface area contributed by atoms with Gasteiger partial charge in [-0.2, -0.15) is 0 Å². The molecule has 3 rings (SSSR count). The van der Waals surface area contributed by atoms with Crippen LogP contribution >= 0.6 is 11.8 Å². The number of hydrogen-bond acceptors (Lipinski definition) is 6. The Kier molecular flexibility index (Phi) is 4.34. The van der Waals surface area contributed by atoms with Gasteiger partial charge in [0.25, 0.3) is 0 Å². The molecular formula is C17H17NO4S. The maximum absolute atomic E-state index is 5.38. The Morgan fingerprint density at radius 1 is 0.696 bits per heavy atom. The normalized spacial score (nSPS) is 12.0. The smallest absolute Gasteiger partial charge is 0.162 e. The summed E-state index contributed by atoms with van der Waals surface area (Å²) in [6.07, 6.45) is 1.82. The number of ether oxygens (including phenoxy) is 4. The second kappa shape index (κ2) is 6.42. The first-order chi connectivity index (χ1) is 11.2. The molecule has 23 heavy (non-hydrogen) atoms. The summed E-state index contributed by atoms with van der Waals surface area (Å²) in [5.41, 5.74) is 1.81. The zero-order valence-corrected chi connectivity index (χ0v) is 14.2. The van der Waals surface area contributed by atoms with Crippen LogP contribution in [0.2, 0.25) is 0 Å². The van der Waals surface area contributed by atoms with E-state index in [1.807, 2.05) is 30.5 Å². The molecule has 0 aromatic heterocycles. The van der Waals surface area contributed by atoms with Crippen molar-refractivity contribution in [1.82, 2.24) is 0 Å². The number of fused-ring (bicyclic) bond motifs is 2. The SMILES string of the molecule is COc1cc2c(cc1OC)Sc1cc(OC)c(OC)cc1N=C2. The largest absolute Gasteiger partial charge is 0.493 e. The Morgan fingerprint density at radius 2 is 1.22 bits per heavy atom. The average Bonchev–Trinajstić information content (AvgIpc) is 2.77. The van der Waals surface area contributed by atoms with Gasteiger partial charge in [0.1, 0.15) is 0 Å². The standard InChI is InChI=1S/C17H17NO4S/c1-19-12-5-10-9-18-11-6-13(20-2)15(22-4)8-17(11)23-16(10)7-14(12)21-3/h5-9H,1-4H3. The van der Waals surface area contributed by atoms with Crippen LogP contribution in [0.25, 0.3) is 0 Å². The molecule has 6 heteroatoms. The summed E-state index contributed by atoms with van der Waals surface area (Å²) in [6, 6.07) is 7.68. The first kappa shape index (κ1) is 15.6. The fraction of sp³-hybridized carbons (Fsp3) is 0.235. The van der Waals surface area contributed by atoms with Gasteiger partial charge >= 0.3 is 0 Å². The maximum Gasteiger partial charge on any atom is 0.162 e. The molecule has 0 saturated heterocycles. The molecule has 0 radical (unpaired) electrons. The van der Waals surface area contributed by atoms with Gasteiger partial charge < -0.3 is 18.9 Å². The highest BCUT2D eigenvalue weighted by molar-refractivity contribution is 7.99. The highest BCUT2D eigenvalue weighted by atomic mass is 32.2. The van der Waals surface area contributed by atoms with Crippen LogP contribution < -0.4 is 18.9 Å². The predicted octanol–water partition coefficient (Wildman–Crippen LogP) is 3.94. The van der Waals surface area contributed by atoms with Crippen molar-refractivity contribution >= 4 is 23.7 Å². The molecule has 0 aliphatic carbocycles. The fourth-order valence-corrected chi connectivity index (χ4v) is 3.37. The molecule has 1 aliphatic heterocycles. The number of rotatable bonds is 4. The van der Waals surface area contributed by atoms with E-state index in [2.05, 4.69) is 4.99 Å². The molecule has 0 unspecified atom stereocenters. The molecule has 1 heterocycles. The monoisotopic (exact) mass is 331 g/mol. The Balaban J connectivity index is 2.12. The zero-order valence-electron chi connectivity index (χ0n) is 13.4. The van der Waals surface area contributed by atoms with Crippen molar-refractivity contribution in [3.8, 4) is 23.0 Å². The average molecular weight is 331 g/mol. The van der Waals surface area contributed by atoms with Crippen LogP contribution in [-0.4, -0.2) is 34.7 Å². The number of benzene rings is 2. The Labute approximate surface area is 139 Å². The molecule has 0 N–H and O–H groups in total. The number of aliphatic imine (C=N–C) groups is 1. The van der Waals surface area contributed by atoms with Crippen LogP contribution in [0.4, 0.5) is 5.69 Å². The minimum absolute atomic E-state index is 0.658. The van der Waals surface area contributed by atoms with Crippen LogP contribution in [0.3, 0.4) is 0 Å². The van der Waals surface area contributed by atoms with E-state index in [1.54, 1.807) is 40.2 Å². The lowest BCUT2D eigenvalue weighted by Gasteiger charge is -2.13. The summed E-state index contributed by atoms with van der Waals surface area (Å²) in [4.78, 5) is 6.60. The summed E-state index contributed by atoms with van der Waals surface area (Å²) in [6.45, 7) is 0. The van der Waals surface area contributed by atoms with E-state index in [9.17, 15) is 0 Å². The summed E-state index contributed by atoms with van der Waals surface area (Å²) in [5, 5.41) is 0. The second-order valence-electron chi connectivity index (χ2n) is 4.78. The molecule has 0 bridgehead atoms. The van der Waals surface area contributed by atoms with Gasteiger partial charge in [-0.05, 0) is 12.1 Å². The van der Waals surface area contributed by atoms with Crippen molar-refractivity contribution in [1.29, 1.82) is 0 Å². The molecule has 5 nitrogen and oxygen atoms in total. The summed E-state index contributed by atoms with van der Waals surface area (Å²) < 4.78 is 21.5. The number of methoxy groups -OCH3 is 4. The van der Waals surface area contributed by atoms with Crippen molar-refractivity contribution in [2.45, 2.75) is 9.79 Å². The lowest BCUT2D eigenvalue weighted by molar-refractivity contribution is 0.354. The van der Waals surface area contributed by atoms with Crippen LogP contribution in [0.5, 0.6) is 23.0 Å². The Bertz CT molecular complexity index is 710. The molecule has 0 spiro atoms. The van der Waals surface area contributed by atoms with Crippen molar-refractivity contribution in [3.05, 3.63) is 29.8 Å². The van der Waals surface area contributed by atoms with E-state index in [0.29, 0.717) is 23.0 Å². The van der Waals surface area contributed by atoms with Crippen molar-refractivity contribution in [2.75, 3.05) is 28.4 Å². The highest BCUT2D eigenvalue weighted by Gasteiger charge is 2.18. The lowest BCUT2D eigenvalue weighted by Crippen LogP contribution is -1.94. The van der Waals surface area contributed by atoms with Gasteiger partial charge in [-0.15, -0.1) is 0 Å². The van der Waals surface area contributed by atoms with Gasteiger partial charge in [0.05, 0.1) is 34.1 Å². The Morgan fingerprint density at radius 3 is 1.83 bits per heavy atom. The van der Waals surface area contributed by atoms with Crippen LogP contribution in [0.15, 0.2) is 39.0 Å². The molecule has 120 valence electrons. The summed E-state index contributed by atoms with van der Waals surface area (Å²) in [7, 11) is 6.48. The lowest BCUT2D eigenvalue weighted by atomic mass is 10.2. The molecule has 0 atom stereocenters. The van der Waals surface area contributed by atoms with Crippen molar-refractivity contribution in [2.24, 2.45) is 4.99 Å². The third-order valence-electron chi connectivity index (χ3n) is 3.54. The van der Waals surface area contributed by atoms with E-state index in [1.165, 1.54) is 0 Å². The van der Waals surface area contributed by atoms with E-state index >= 15 is 0 Å². The van der Waals surface area contributed by atoms with Crippen molar-refractivity contribution in [3.63, 3.8) is 0 Å². The molecule has 1 aliphatic rings. The summed E-state index contributed by atoms with van der Waals surface area (Å²) >= 11 is 1.60. The minimum atomic E-state index is 0.658. The molecular weight excluding hydrogens is 314 g/mol. The highest BCUT2D eigenvalue weighted by Crippen LogP contribution is 2.46. The molecule has 2 aromatic rings. The second-order valence-corrected chi connectivity index (χ2v) is 5.86. The summed E-state index contributed by atoms with van der Waals surface area (Å²) in [5.74, 6) is 2.71. The predicted molar refractivity (Wildman–Crippen MR) is 90.5 cm³/mol. The van der Waals surface area contributed by atoms with Crippen LogP contribution in [0.1, 0.15) is 5.56 Å². The minimum Gasteiger partial charge on any atom is -0.493 e. The maximum atomic E-state index is 5.38. The van der Waals surface area contributed by atoms with E-state index < -0.39 is 0 Å². The topological polar surface area (TPSA) is 49.3 Å². The van der Waals surface area contributed by atoms with Crippen molar-refractivity contribution < 1.29 is 18.9 Å². The van der Waals surface area contributed by atoms with Crippen LogP contribution in [-0.2, 0) is 0 Å². The molecule has 0 amide bonds. The van der Waals surface area contributed by atoms with E-state index in [0.717, 1.165) is 21.0 Å². The van der Waals surface area contributed by atoms with Gasteiger partial charge in [0.2, 0.25) is 0 Å². The number of hydrogen-bond donors (Lipinski definition) is 0. The molecule has 0 fully saturated rings.